The van der Waals surface area contributed by atoms with Crippen LogP contribution in [0.1, 0.15) is 53.8 Å². The molecule has 11 rings (SSSR count). The molecule has 71 heavy (non-hydrogen) atoms. The van der Waals surface area contributed by atoms with Crippen LogP contribution in [0.5, 0.6) is 0 Å². The van der Waals surface area contributed by atoms with E-state index in [0.29, 0.717) is 55.3 Å². The number of aliphatic imine (C=N–C) groups is 1. The van der Waals surface area contributed by atoms with Gasteiger partial charge in [-0.05, 0) is 89.6 Å². The molecule has 0 radical (unpaired) electrons. The average molecular weight is 1010 g/mol. The number of rotatable bonds is 8. The predicted octanol–water partition coefficient (Wildman–Crippen LogP) is 12.3. The Labute approximate surface area is 428 Å². The molecule has 5 heterocycles. The summed E-state index contributed by atoms with van der Waals surface area (Å²) in [6, 6.07) is 52.8. The molecule has 0 saturated carbocycles. The van der Waals surface area contributed by atoms with Crippen molar-refractivity contribution in [2.75, 3.05) is 5.32 Å². The van der Waals surface area contributed by atoms with Gasteiger partial charge in [-0.1, -0.05) is 127 Å². The van der Waals surface area contributed by atoms with E-state index in [2.05, 4.69) is 25.4 Å². The van der Waals surface area contributed by atoms with Crippen LogP contribution < -0.4 is 20.6 Å². The van der Waals surface area contributed by atoms with Gasteiger partial charge in [0.05, 0.1) is 43.8 Å². The summed E-state index contributed by atoms with van der Waals surface area (Å²) < 4.78 is 2.02. The van der Waals surface area contributed by atoms with Crippen molar-refractivity contribution in [1.29, 1.82) is 5.26 Å². The van der Waals surface area contributed by atoms with E-state index in [1.165, 1.54) is 6.33 Å². The fourth-order valence-electron chi connectivity index (χ4n) is 8.07. The number of thiazole rings is 2. The molecule has 6 aromatic carbocycles. The Morgan fingerprint density at radius 1 is 0.662 bits per heavy atom. The van der Waals surface area contributed by atoms with Crippen molar-refractivity contribution in [3.8, 4) is 27.8 Å². The van der Waals surface area contributed by atoms with Gasteiger partial charge in [0, 0.05) is 22.3 Å². The quantitative estimate of drug-likeness (QED) is 0.112. The Kier molecular flexibility index (Phi) is 13.9. The van der Waals surface area contributed by atoms with Crippen molar-refractivity contribution >= 4 is 89.6 Å². The molecule has 12 nitrogen and oxygen atoms in total. The number of nitrogens with zero attached hydrogens (tertiary/aromatic N) is 8. The Balaban J connectivity index is 0.000000564. The van der Waals surface area contributed by atoms with Gasteiger partial charge in [0.15, 0.2) is 5.91 Å². The van der Waals surface area contributed by atoms with Crippen LogP contribution in [0.2, 0.25) is 0 Å². The molecule has 0 unspecified atom stereocenters. The van der Waals surface area contributed by atoms with Gasteiger partial charge in [0.2, 0.25) is 0 Å². The molecule has 0 bridgehead atoms. The van der Waals surface area contributed by atoms with Crippen LogP contribution in [0.25, 0.3) is 64.2 Å². The Morgan fingerprint density at radius 3 is 1.77 bits per heavy atom. The second-order valence-corrected chi connectivity index (χ2v) is 17.9. The SMILES string of the molecule is Cc1ccccc1C(=O)NC1=N/C(=C\c2[n-]c(NC(=O)c3ccccc3C)c(-c3nc4ccccc4s3)c2-c2ccccc2)C(c2ccccc2)=C1c1nc2ccccc2s1.[C-]#[N+]c1[n-]cnc1C#N.[Zn+2]. The Bertz CT molecular complexity index is 3740. The molecule has 0 atom stereocenters. The molecule has 1 aliphatic rings. The van der Waals surface area contributed by atoms with Crippen LogP contribution in [0.15, 0.2) is 175 Å². The van der Waals surface area contributed by atoms with Gasteiger partial charge >= 0.3 is 19.5 Å². The maximum Gasteiger partial charge on any atom is 2.00 e. The van der Waals surface area contributed by atoms with E-state index in [1.54, 1.807) is 28.7 Å². The molecule has 2 amide bonds. The first-order chi connectivity index (χ1) is 34.3. The van der Waals surface area contributed by atoms with Crippen LogP contribution in [0.4, 0.5) is 11.6 Å². The maximum absolute atomic E-state index is 14.1. The number of hydrogen-bond donors (Lipinski definition) is 2. The zero-order chi connectivity index (χ0) is 48.1. The molecule has 1 aliphatic heterocycles. The van der Waals surface area contributed by atoms with Crippen LogP contribution in [0.3, 0.4) is 0 Å². The number of benzene rings is 6. The van der Waals surface area contributed by atoms with E-state index in [1.807, 2.05) is 178 Å². The molecule has 0 spiro atoms. The van der Waals surface area contributed by atoms with Crippen molar-refractivity contribution < 1.29 is 29.1 Å². The summed E-state index contributed by atoms with van der Waals surface area (Å²) in [6.45, 7) is 10.3. The van der Waals surface area contributed by atoms with Crippen LogP contribution >= 0.6 is 22.7 Å². The minimum Gasteiger partial charge on any atom is -0.548 e. The molecule has 0 saturated heterocycles. The number of hydrogen-bond acceptors (Lipinski definition) is 9. The van der Waals surface area contributed by atoms with Crippen molar-refractivity contribution in [2.45, 2.75) is 13.8 Å². The largest absolute Gasteiger partial charge is 2.00 e. The molecule has 0 aliphatic carbocycles. The van der Waals surface area contributed by atoms with E-state index >= 15 is 0 Å². The second-order valence-electron chi connectivity index (χ2n) is 15.8. The molecular formula is C56H36N10O2S2Zn. The summed E-state index contributed by atoms with van der Waals surface area (Å²) in [5, 5.41) is 16.1. The van der Waals surface area contributed by atoms with Crippen molar-refractivity contribution in [2.24, 2.45) is 4.99 Å². The number of allylic oxidation sites excluding steroid dienone is 1. The predicted molar refractivity (Wildman–Crippen MR) is 278 cm³/mol. The first-order valence-electron chi connectivity index (χ1n) is 21.9. The van der Waals surface area contributed by atoms with Gasteiger partial charge in [-0.2, -0.15) is 5.26 Å². The molecule has 336 valence electrons. The minimum atomic E-state index is -0.278. The fourth-order valence-corrected chi connectivity index (χ4v) is 10.1. The number of fused-ring (bicyclic) bond motifs is 2. The van der Waals surface area contributed by atoms with Crippen molar-refractivity contribution in [3.05, 3.63) is 225 Å². The van der Waals surface area contributed by atoms with E-state index in [-0.39, 0.29) is 42.8 Å². The first kappa shape index (κ1) is 47.4. The summed E-state index contributed by atoms with van der Waals surface area (Å²) in [4.78, 5) is 59.0. The van der Waals surface area contributed by atoms with Gasteiger partial charge in [-0.15, -0.1) is 22.7 Å². The first-order valence-corrected chi connectivity index (χ1v) is 23.5. The van der Waals surface area contributed by atoms with Gasteiger partial charge in [-0.3, -0.25) is 14.6 Å². The number of para-hydroxylation sites is 2. The Morgan fingerprint density at radius 2 is 1.20 bits per heavy atom. The van der Waals surface area contributed by atoms with Gasteiger partial charge in [0.25, 0.3) is 5.91 Å². The van der Waals surface area contributed by atoms with Crippen LogP contribution in [-0.4, -0.2) is 32.6 Å². The third-order valence-electron chi connectivity index (χ3n) is 11.4. The third kappa shape index (κ3) is 9.66. The standard InChI is InChI=1S/C51H36N6O2S2.C5HN4.Zn/c1-30-17-9-11-23-34(30)48(58)56-46-44(50-54-36-25-13-15-27-40(36)60-50)42(32-19-5-3-6-20-32)38(52-46)29-39-43(33-21-7-4-8-22-33)45(51-55-37-26-14-16-28-41(37)61-51)47(53-39)57-49(59)35-24-12-10-18-31(35)2;1-7-5-4(2-6)8-3-9-5;/h3-29H,1-2H3,(H3,52,53,54,55,56,57,58,59);3H;/q;-1;+2/p-1. The van der Waals surface area contributed by atoms with Crippen LogP contribution in [-0.2, 0) is 19.5 Å². The molecule has 2 N–H and O–H groups in total. The van der Waals surface area contributed by atoms with Gasteiger partial charge in [-0.25, -0.2) is 26.5 Å². The van der Waals surface area contributed by atoms with E-state index in [4.69, 9.17) is 31.8 Å². The van der Waals surface area contributed by atoms with E-state index in [0.717, 1.165) is 53.8 Å². The summed E-state index contributed by atoms with van der Waals surface area (Å²) >= 11 is 3.09. The monoisotopic (exact) mass is 1010 g/mol. The summed E-state index contributed by atoms with van der Waals surface area (Å²) in [5.41, 5.74) is 10.5. The molecular weight excluding hydrogens is 974 g/mol. The number of nitriles is 1. The van der Waals surface area contributed by atoms with Gasteiger partial charge < -0.3 is 20.5 Å². The number of aromatic nitrogens is 5. The Hall–Kier alpha value is -8.72. The molecule has 15 heteroatoms. The number of carbonyl (C=O) groups excluding carboxylic acids is 2. The number of anilines is 1. The van der Waals surface area contributed by atoms with Crippen LogP contribution in [0, 0.1) is 31.8 Å². The summed E-state index contributed by atoms with van der Waals surface area (Å²) in [5.74, 6) is 0.284. The third-order valence-corrected chi connectivity index (χ3v) is 13.5. The second kappa shape index (κ2) is 20.9. The smallest absolute Gasteiger partial charge is 0.548 e. The minimum absolute atomic E-state index is 0. The maximum atomic E-state index is 14.1. The molecule has 10 aromatic rings. The normalized spacial score (nSPS) is 12.4. The number of amidine groups is 1. The zero-order valence-corrected chi connectivity index (χ0v) is 42.7. The number of nitrogens with one attached hydrogen (secondary N) is 2. The number of amides is 2. The fraction of sp³-hybridized carbons (Fsp3) is 0.0357. The molecule has 4 aromatic heterocycles. The summed E-state index contributed by atoms with van der Waals surface area (Å²) in [7, 11) is 0. The number of imidazole rings is 1. The van der Waals surface area contributed by atoms with Crippen molar-refractivity contribution in [1.82, 2.24) is 30.2 Å². The zero-order valence-electron chi connectivity index (χ0n) is 38.1. The average Bonchev–Trinajstić information content (AvgIpc) is 4.24. The number of aryl methyl sites for hydroxylation is 2. The van der Waals surface area contributed by atoms with E-state index < -0.39 is 0 Å². The summed E-state index contributed by atoms with van der Waals surface area (Å²) in [6.07, 6.45) is 3.15. The molecule has 0 fully saturated rings. The van der Waals surface area contributed by atoms with Gasteiger partial charge in [0.1, 0.15) is 27.6 Å². The van der Waals surface area contributed by atoms with E-state index in [9.17, 15) is 9.59 Å². The number of carbonyl (C=O) groups is 2. The van der Waals surface area contributed by atoms with Crippen molar-refractivity contribution in [3.63, 3.8) is 0 Å². The topological polar surface area (TPSA) is 166 Å².